The Morgan fingerprint density at radius 1 is 1.14 bits per heavy atom. The quantitative estimate of drug-likeness (QED) is 0.802. The van der Waals surface area contributed by atoms with Gasteiger partial charge in [-0.2, -0.15) is 0 Å². The van der Waals surface area contributed by atoms with Gasteiger partial charge in [0.1, 0.15) is 11.5 Å². The molecule has 0 aliphatic heterocycles. The van der Waals surface area contributed by atoms with Crippen molar-refractivity contribution in [2.24, 2.45) is 5.73 Å². The maximum Gasteiger partial charge on any atom is 0.132 e. The third-order valence-corrected chi connectivity index (χ3v) is 4.03. The normalized spacial score (nSPS) is 12.2. The highest BCUT2D eigenvalue weighted by Gasteiger charge is 2.13. The van der Waals surface area contributed by atoms with Crippen LogP contribution in [0.4, 0.5) is 0 Å². The summed E-state index contributed by atoms with van der Waals surface area (Å²) in [5, 5.41) is 1.32. The predicted molar refractivity (Wildman–Crippen MR) is 89.7 cm³/mol. The first-order valence-corrected chi connectivity index (χ1v) is 7.73. The maximum atomic E-state index is 6.31. The van der Waals surface area contributed by atoms with E-state index >= 15 is 0 Å². The summed E-state index contributed by atoms with van der Waals surface area (Å²) < 4.78 is 6.02. The fraction of sp³-hybridized carbons (Fsp3) is 0.294. The van der Waals surface area contributed by atoms with E-state index in [1.165, 1.54) is 0 Å². The molecule has 0 bridgehead atoms. The highest BCUT2D eigenvalue weighted by atomic mass is 35.5. The van der Waals surface area contributed by atoms with Crippen LogP contribution in [0.5, 0.6) is 11.5 Å². The van der Waals surface area contributed by atoms with E-state index in [0.717, 1.165) is 29.0 Å². The van der Waals surface area contributed by atoms with Crippen molar-refractivity contribution >= 4 is 23.2 Å². The van der Waals surface area contributed by atoms with Crippen molar-refractivity contribution in [3.05, 3.63) is 57.6 Å². The zero-order chi connectivity index (χ0) is 15.4. The Balaban J connectivity index is 2.35. The van der Waals surface area contributed by atoms with Gasteiger partial charge in [-0.1, -0.05) is 42.3 Å². The van der Waals surface area contributed by atoms with Crippen LogP contribution in [0.15, 0.2) is 36.4 Å². The van der Waals surface area contributed by atoms with Crippen LogP contribution in [0.25, 0.3) is 0 Å². The molecule has 0 spiro atoms. The van der Waals surface area contributed by atoms with Crippen LogP contribution >= 0.6 is 23.2 Å². The fourth-order valence-electron chi connectivity index (χ4n) is 2.04. The summed E-state index contributed by atoms with van der Waals surface area (Å²) >= 11 is 12.3. The van der Waals surface area contributed by atoms with Gasteiger partial charge >= 0.3 is 0 Å². The first-order chi connectivity index (χ1) is 10.0. The molecule has 2 aromatic carbocycles. The molecule has 0 aromatic heterocycles. The molecule has 0 radical (unpaired) electrons. The van der Waals surface area contributed by atoms with Crippen molar-refractivity contribution in [2.75, 3.05) is 0 Å². The van der Waals surface area contributed by atoms with Gasteiger partial charge in [0, 0.05) is 21.7 Å². The first-order valence-electron chi connectivity index (χ1n) is 6.98. The summed E-state index contributed by atoms with van der Waals surface area (Å²) in [4.78, 5) is 0. The molecule has 112 valence electrons. The molecular weight excluding hydrogens is 305 g/mol. The molecule has 1 atom stereocenters. The van der Waals surface area contributed by atoms with Crippen LogP contribution in [-0.2, 0) is 6.42 Å². The van der Waals surface area contributed by atoms with Crippen molar-refractivity contribution in [3.63, 3.8) is 0 Å². The molecule has 2 aromatic rings. The van der Waals surface area contributed by atoms with Crippen molar-refractivity contribution in [1.82, 2.24) is 0 Å². The molecule has 0 heterocycles. The minimum Gasteiger partial charge on any atom is -0.457 e. The standard InChI is InChI=1S/C17H19Cl2NO/c1-3-13(20)10-14-15(19)5-4-6-16(14)21-17-9-12(18)8-7-11(17)2/h4-9,13H,3,10,20H2,1-2H3. The summed E-state index contributed by atoms with van der Waals surface area (Å²) in [6.45, 7) is 4.04. The monoisotopic (exact) mass is 323 g/mol. The average Bonchev–Trinajstić information content (AvgIpc) is 2.46. The smallest absolute Gasteiger partial charge is 0.132 e. The Morgan fingerprint density at radius 3 is 2.62 bits per heavy atom. The van der Waals surface area contributed by atoms with Gasteiger partial charge in [-0.05, 0) is 49.6 Å². The molecule has 0 amide bonds. The zero-order valence-corrected chi connectivity index (χ0v) is 13.7. The van der Waals surface area contributed by atoms with Crippen LogP contribution in [0, 0.1) is 6.92 Å². The highest BCUT2D eigenvalue weighted by Crippen LogP contribution is 2.34. The molecule has 2 rings (SSSR count). The molecule has 0 aliphatic carbocycles. The number of aryl methyl sites for hydroxylation is 1. The molecule has 1 unspecified atom stereocenters. The molecule has 0 fully saturated rings. The number of rotatable bonds is 5. The highest BCUT2D eigenvalue weighted by molar-refractivity contribution is 6.31. The minimum atomic E-state index is 0.0627. The van der Waals surface area contributed by atoms with Crippen molar-refractivity contribution in [2.45, 2.75) is 32.7 Å². The molecule has 21 heavy (non-hydrogen) atoms. The molecule has 2 nitrogen and oxygen atoms in total. The van der Waals surface area contributed by atoms with Crippen LogP contribution in [0.1, 0.15) is 24.5 Å². The summed E-state index contributed by atoms with van der Waals surface area (Å²) in [7, 11) is 0. The largest absolute Gasteiger partial charge is 0.457 e. The topological polar surface area (TPSA) is 35.2 Å². The number of hydrogen-bond acceptors (Lipinski definition) is 2. The molecule has 2 N–H and O–H groups in total. The van der Waals surface area contributed by atoms with Gasteiger partial charge in [0.05, 0.1) is 0 Å². The van der Waals surface area contributed by atoms with E-state index in [1.807, 2.05) is 37.3 Å². The summed E-state index contributed by atoms with van der Waals surface area (Å²) in [6, 6.07) is 11.3. The van der Waals surface area contributed by atoms with E-state index in [4.69, 9.17) is 33.7 Å². The summed E-state index contributed by atoms with van der Waals surface area (Å²) in [5.41, 5.74) is 8.01. The lowest BCUT2D eigenvalue weighted by atomic mass is 10.0. The average molecular weight is 324 g/mol. The number of ether oxygens (including phenoxy) is 1. The zero-order valence-electron chi connectivity index (χ0n) is 12.2. The van der Waals surface area contributed by atoms with Crippen LogP contribution in [0.2, 0.25) is 10.0 Å². The second kappa shape index (κ2) is 7.17. The van der Waals surface area contributed by atoms with Gasteiger partial charge in [-0.25, -0.2) is 0 Å². The molecule has 4 heteroatoms. The van der Waals surface area contributed by atoms with Crippen molar-refractivity contribution in [3.8, 4) is 11.5 Å². The lowest BCUT2D eigenvalue weighted by molar-refractivity contribution is 0.469. The van der Waals surface area contributed by atoms with Crippen molar-refractivity contribution in [1.29, 1.82) is 0 Å². The summed E-state index contributed by atoms with van der Waals surface area (Å²) in [5.74, 6) is 1.47. The third kappa shape index (κ3) is 4.13. The van der Waals surface area contributed by atoms with Gasteiger partial charge in [0.2, 0.25) is 0 Å². The number of benzene rings is 2. The van der Waals surface area contributed by atoms with Gasteiger partial charge in [-0.15, -0.1) is 0 Å². The van der Waals surface area contributed by atoms with Crippen LogP contribution in [-0.4, -0.2) is 6.04 Å². The van der Waals surface area contributed by atoms with Gasteiger partial charge in [0.15, 0.2) is 0 Å². The minimum absolute atomic E-state index is 0.0627. The van der Waals surface area contributed by atoms with Gasteiger partial charge in [-0.3, -0.25) is 0 Å². The lowest BCUT2D eigenvalue weighted by Crippen LogP contribution is -2.21. The summed E-state index contributed by atoms with van der Waals surface area (Å²) in [6.07, 6.45) is 1.58. The first kappa shape index (κ1) is 16.2. The molecule has 0 saturated heterocycles. The Kier molecular flexibility index (Phi) is 5.51. The Labute approximate surface area is 135 Å². The van der Waals surface area contributed by atoms with Crippen LogP contribution < -0.4 is 10.5 Å². The third-order valence-electron chi connectivity index (χ3n) is 3.44. The number of halogens is 2. The van der Waals surface area contributed by atoms with Crippen LogP contribution in [0.3, 0.4) is 0 Å². The van der Waals surface area contributed by atoms with E-state index in [9.17, 15) is 0 Å². The van der Waals surface area contributed by atoms with Crippen molar-refractivity contribution < 1.29 is 4.74 Å². The SMILES string of the molecule is CCC(N)Cc1c(Cl)cccc1Oc1cc(Cl)ccc1C. The Bertz CT molecular complexity index is 628. The van der Waals surface area contributed by atoms with E-state index in [1.54, 1.807) is 6.07 Å². The predicted octanol–water partition coefficient (Wildman–Crippen LogP) is 5.37. The molecule has 0 aliphatic rings. The Hall–Kier alpha value is -1.22. The maximum absolute atomic E-state index is 6.31. The van der Waals surface area contributed by atoms with E-state index in [2.05, 4.69) is 6.92 Å². The van der Waals surface area contributed by atoms with Gasteiger partial charge < -0.3 is 10.5 Å². The van der Waals surface area contributed by atoms with Gasteiger partial charge in [0.25, 0.3) is 0 Å². The van der Waals surface area contributed by atoms with E-state index in [-0.39, 0.29) is 6.04 Å². The fourth-order valence-corrected chi connectivity index (χ4v) is 2.45. The number of hydrogen-bond donors (Lipinski definition) is 1. The van der Waals surface area contributed by atoms with E-state index in [0.29, 0.717) is 16.5 Å². The second-order valence-corrected chi connectivity index (χ2v) is 5.94. The number of nitrogens with two attached hydrogens (primary N) is 1. The Morgan fingerprint density at radius 2 is 1.90 bits per heavy atom. The lowest BCUT2D eigenvalue weighted by Gasteiger charge is -2.16. The molecule has 0 saturated carbocycles. The second-order valence-electron chi connectivity index (χ2n) is 5.10. The molecular formula is C17H19Cl2NO. The van der Waals surface area contributed by atoms with E-state index < -0.39 is 0 Å².